The van der Waals surface area contributed by atoms with Crippen LogP contribution < -0.4 is 10.2 Å². The van der Waals surface area contributed by atoms with Crippen LogP contribution in [0.4, 0.5) is 5.82 Å². The molecule has 31 heavy (non-hydrogen) atoms. The van der Waals surface area contributed by atoms with Crippen molar-refractivity contribution in [3.63, 3.8) is 0 Å². The van der Waals surface area contributed by atoms with Crippen molar-refractivity contribution in [2.45, 2.75) is 32.7 Å². The van der Waals surface area contributed by atoms with E-state index in [4.69, 9.17) is 21.3 Å². The SMILES string of the molecule is CCOC(=O)[C@H]1CCCN(c2nc3cc(Cl)ccc3cc2CNCCc2cnc[nH]2)C1. The fraction of sp³-hybridized carbons (Fsp3) is 0.435. The average Bonchev–Trinajstić information content (AvgIpc) is 3.30. The van der Waals surface area contributed by atoms with Crippen LogP contribution in [-0.4, -0.2) is 47.2 Å². The first-order valence-electron chi connectivity index (χ1n) is 10.8. The zero-order valence-corrected chi connectivity index (χ0v) is 18.5. The first-order valence-corrected chi connectivity index (χ1v) is 11.2. The van der Waals surface area contributed by atoms with Gasteiger partial charge in [0.05, 0.1) is 24.4 Å². The van der Waals surface area contributed by atoms with Gasteiger partial charge in [-0.25, -0.2) is 9.97 Å². The summed E-state index contributed by atoms with van der Waals surface area (Å²) in [5.74, 6) is 0.680. The topological polar surface area (TPSA) is 83.1 Å². The molecule has 1 fully saturated rings. The summed E-state index contributed by atoms with van der Waals surface area (Å²) in [5, 5.41) is 5.24. The molecule has 1 saturated heterocycles. The lowest BCUT2D eigenvalue weighted by atomic mass is 9.97. The minimum Gasteiger partial charge on any atom is -0.466 e. The fourth-order valence-corrected chi connectivity index (χ4v) is 4.23. The van der Waals surface area contributed by atoms with Gasteiger partial charge in [-0.2, -0.15) is 0 Å². The van der Waals surface area contributed by atoms with Gasteiger partial charge in [0.15, 0.2) is 0 Å². The number of hydrogen-bond acceptors (Lipinski definition) is 6. The molecule has 1 aliphatic rings. The standard InChI is InChI=1S/C23H28ClN5O2/c1-2-31-23(30)17-4-3-9-29(14-17)22-18(12-25-8-7-20-13-26-15-27-20)10-16-5-6-19(24)11-21(16)28-22/h5-6,10-11,13,15,17,25H,2-4,7-9,12,14H2,1H3,(H,26,27)/t17-/m0/s1. The summed E-state index contributed by atoms with van der Waals surface area (Å²) in [6, 6.07) is 7.95. The second-order valence-corrected chi connectivity index (χ2v) is 8.29. The number of imidazole rings is 1. The number of benzene rings is 1. The van der Waals surface area contributed by atoms with Crippen LogP contribution in [0.2, 0.25) is 5.02 Å². The van der Waals surface area contributed by atoms with Gasteiger partial charge >= 0.3 is 5.97 Å². The largest absolute Gasteiger partial charge is 0.466 e. The van der Waals surface area contributed by atoms with E-state index in [9.17, 15) is 4.79 Å². The average molecular weight is 442 g/mol. The highest BCUT2D eigenvalue weighted by Gasteiger charge is 2.28. The number of carbonyl (C=O) groups is 1. The maximum atomic E-state index is 12.3. The maximum absolute atomic E-state index is 12.3. The van der Waals surface area contributed by atoms with Crippen molar-refractivity contribution in [1.29, 1.82) is 0 Å². The smallest absolute Gasteiger partial charge is 0.310 e. The molecule has 7 nitrogen and oxygen atoms in total. The maximum Gasteiger partial charge on any atom is 0.310 e. The summed E-state index contributed by atoms with van der Waals surface area (Å²) in [6.07, 6.45) is 6.21. The molecule has 1 atom stereocenters. The van der Waals surface area contributed by atoms with E-state index in [0.29, 0.717) is 24.7 Å². The van der Waals surface area contributed by atoms with E-state index in [1.165, 1.54) is 0 Å². The van der Waals surface area contributed by atoms with Gasteiger partial charge in [-0.1, -0.05) is 17.7 Å². The molecular weight excluding hydrogens is 414 g/mol. The van der Waals surface area contributed by atoms with Gasteiger partial charge in [0.2, 0.25) is 0 Å². The molecule has 2 N–H and O–H groups in total. The quantitative estimate of drug-likeness (QED) is 0.409. The van der Waals surface area contributed by atoms with Gasteiger partial charge in [0.1, 0.15) is 5.82 Å². The summed E-state index contributed by atoms with van der Waals surface area (Å²) in [4.78, 5) is 26.7. The minimum atomic E-state index is -0.119. The molecule has 3 aromatic rings. The predicted octanol–water partition coefficient (Wildman–Crippen LogP) is 3.72. The Kier molecular flexibility index (Phi) is 7.04. The van der Waals surface area contributed by atoms with Gasteiger partial charge < -0.3 is 19.9 Å². The van der Waals surface area contributed by atoms with E-state index >= 15 is 0 Å². The molecule has 1 aromatic carbocycles. The van der Waals surface area contributed by atoms with E-state index in [-0.39, 0.29) is 11.9 Å². The van der Waals surface area contributed by atoms with Crippen molar-refractivity contribution in [3.8, 4) is 0 Å². The molecule has 1 aliphatic heterocycles. The summed E-state index contributed by atoms with van der Waals surface area (Å²) >= 11 is 6.21. The molecule has 0 aliphatic carbocycles. The number of pyridine rings is 1. The first-order chi connectivity index (χ1) is 15.1. The number of piperidine rings is 1. The molecule has 3 heterocycles. The molecule has 0 spiro atoms. The van der Waals surface area contributed by atoms with Crippen molar-refractivity contribution in [1.82, 2.24) is 20.3 Å². The zero-order valence-electron chi connectivity index (χ0n) is 17.7. The highest BCUT2D eigenvalue weighted by Crippen LogP contribution is 2.29. The van der Waals surface area contributed by atoms with Crippen LogP contribution in [0, 0.1) is 5.92 Å². The number of fused-ring (bicyclic) bond motifs is 1. The van der Waals surface area contributed by atoms with E-state index in [1.54, 1.807) is 6.33 Å². The van der Waals surface area contributed by atoms with Crippen LogP contribution in [0.5, 0.6) is 0 Å². The van der Waals surface area contributed by atoms with E-state index in [2.05, 4.69) is 26.3 Å². The highest BCUT2D eigenvalue weighted by molar-refractivity contribution is 6.31. The number of halogens is 1. The number of aromatic nitrogens is 3. The van der Waals surface area contributed by atoms with Crippen LogP contribution in [0.3, 0.4) is 0 Å². The number of nitrogens with one attached hydrogen (secondary N) is 2. The molecule has 164 valence electrons. The minimum absolute atomic E-state index is 0.115. The number of esters is 1. The molecule has 4 rings (SSSR count). The lowest BCUT2D eigenvalue weighted by Crippen LogP contribution is -2.40. The highest BCUT2D eigenvalue weighted by atomic mass is 35.5. The Morgan fingerprint density at radius 3 is 3.10 bits per heavy atom. The third-order valence-electron chi connectivity index (χ3n) is 5.62. The van der Waals surface area contributed by atoms with Gasteiger partial charge in [-0.3, -0.25) is 4.79 Å². The lowest BCUT2D eigenvalue weighted by molar-refractivity contribution is -0.148. The number of carbonyl (C=O) groups excluding carboxylic acids is 1. The van der Waals surface area contributed by atoms with Crippen molar-refractivity contribution < 1.29 is 9.53 Å². The summed E-state index contributed by atoms with van der Waals surface area (Å²) in [7, 11) is 0. The molecule has 0 bridgehead atoms. The number of nitrogens with zero attached hydrogens (tertiary/aromatic N) is 3. The Labute approximate surface area is 187 Å². The van der Waals surface area contributed by atoms with Crippen molar-refractivity contribution in [2.75, 3.05) is 31.1 Å². The normalized spacial score (nSPS) is 16.6. The predicted molar refractivity (Wildman–Crippen MR) is 122 cm³/mol. The Balaban J connectivity index is 1.55. The number of hydrogen-bond donors (Lipinski definition) is 2. The van der Waals surface area contributed by atoms with Crippen LogP contribution >= 0.6 is 11.6 Å². The van der Waals surface area contributed by atoms with Crippen molar-refractivity contribution in [2.24, 2.45) is 5.92 Å². The van der Waals surface area contributed by atoms with Crippen molar-refractivity contribution in [3.05, 3.63) is 53.1 Å². The van der Waals surface area contributed by atoms with E-state index in [0.717, 1.165) is 60.3 Å². The Hall–Kier alpha value is -2.64. The Morgan fingerprint density at radius 1 is 1.39 bits per heavy atom. The van der Waals surface area contributed by atoms with Crippen molar-refractivity contribution >= 4 is 34.3 Å². The number of rotatable bonds is 8. The second kappa shape index (κ2) is 10.1. The Morgan fingerprint density at radius 2 is 2.29 bits per heavy atom. The van der Waals surface area contributed by atoms with Crippen LogP contribution in [0.25, 0.3) is 10.9 Å². The summed E-state index contributed by atoms with van der Waals surface area (Å²) < 4.78 is 5.27. The summed E-state index contributed by atoms with van der Waals surface area (Å²) in [5.41, 5.74) is 3.08. The molecule has 0 unspecified atom stereocenters. The molecule has 0 amide bonds. The molecule has 2 aromatic heterocycles. The van der Waals surface area contributed by atoms with Gasteiger partial charge in [-0.15, -0.1) is 0 Å². The second-order valence-electron chi connectivity index (χ2n) is 7.85. The monoisotopic (exact) mass is 441 g/mol. The van der Waals surface area contributed by atoms with Gasteiger partial charge in [-0.05, 0) is 38.0 Å². The van der Waals surface area contributed by atoms with E-state index < -0.39 is 0 Å². The van der Waals surface area contributed by atoms with Crippen LogP contribution in [0.1, 0.15) is 31.0 Å². The zero-order chi connectivity index (χ0) is 21.6. The number of H-pyrrole nitrogens is 1. The van der Waals surface area contributed by atoms with E-state index in [1.807, 2.05) is 31.3 Å². The molecular formula is C23H28ClN5O2. The molecule has 0 radical (unpaired) electrons. The molecule has 8 heteroatoms. The Bertz CT molecular complexity index is 1020. The van der Waals surface area contributed by atoms with Crippen LogP contribution in [0.15, 0.2) is 36.8 Å². The number of aromatic amines is 1. The lowest BCUT2D eigenvalue weighted by Gasteiger charge is -2.33. The number of ether oxygens (including phenoxy) is 1. The third kappa shape index (κ3) is 5.35. The summed E-state index contributed by atoms with van der Waals surface area (Å²) in [6.45, 7) is 5.27. The van der Waals surface area contributed by atoms with Crippen LogP contribution in [-0.2, 0) is 22.5 Å². The fourth-order valence-electron chi connectivity index (χ4n) is 4.07. The van der Waals surface area contributed by atoms with Gasteiger partial charge in [0.25, 0.3) is 0 Å². The number of anilines is 1. The molecule has 0 saturated carbocycles. The van der Waals surface area contributed by atoms with Gasteiger partial charge in [0, 0.05) is 60.5 Å². The third-order valence-corrected chi connectivity index (χ3v) is 5.85. The first kappa shape index (κ1) is 21.6.